The molecule has 0 heterocycles. The Hall–Kier alpha value is -2.00. The van der Waals surface area contributed by atoms with Crippen molar-refractivity contribution < 1.29 is 4.79 Å². The van der Waals surface area contributed by atoms with Gasteiger partial charge in [-0.3, -0.25) is 0 Å². The molecule has 0 aliphatic carbocycles. The standard InChI is InChI=1S/C15H15ClN2O/c16-13-8-4-7-12(10-13)14(18-15(17)19)9-11-5-2-1-3-6-11/h1-8,10,14H,9H2,(H3,17,18,19). The Balaban J connectivity index is 2.23. The van der Waals surface area contributed by atoms with Crippen LogP contribution in [0.25, 0.3) is 0 Å². The molecule has 1 atom stereocenters. The molecule has 19 heavy (non-hydrogen) atoms. The Morgan fingerprint density at radius 3 is 2.53 bits per heavy atom. The number of urea groups is 1. The van der Waals surface area contributed by atoms with Gasteiger partial charge in [0, 0.05) is 5.02 Å². The molecular formula is C15H15ClN2O. The van der Waals surface area contributed by atoms with Gasteiger partial charge in [0.2, 0.25) is 0 Å². The highest BCUT2D eigenvalue weighted by molar-refractivity contribution is 6.30. The van der Waals surface area contributed by atoms with Crippen LogP contribution in [0.3, 0.4) is 0 Å². The lowest BCUT2D eigenvalue weighted by Crippen LogP contribution is -2.34. The minimum atomic E-state index is -0.541. The molecule has 3 nitrogen and oxygen atoms in total. The van der Waals surface area contributed by atoms with Crippen LogP contribution in [0.4, 0.5) is 4.79 Å². The van der Waals surface area contributed by atoms with E-state index in [0.717, 1.165) is 11.1 Å². The fourth-order valence-electron chi connectivity index (χ4n) is 2.00. The smallest absolute Gasteiger partial charge is 0.312 e. The molecule has 0 saturated heterocycles. The van der Waals surface area contributed by atoms with Crippen LogP contribution in [0.15, 0.2) is 54.6 Å². The lowest BCUT2D eigenvalue weighted by Gasteiger charge is -2.18. The van der Waals surface area contributed by atoms with E-state index in [0.29, 0.717) is 11.4 Å². The van der Waals surface area contributed by atoms with Crippen LogP contribution in [0, 0.1) is 0 Å². The number of nitrogens with one attached hydrogen (secondary N) is 1. The van der Waals surface area contributed by atoms with Gasteiger partial charge in [-0.05, 0) is 29.7 Å². The lowest BCUT2D eigenvalue weighted by atomic mass is 9.99. The van der Waals surface area contributed by atoms with Crippen molar-refractivity contribution in [1.82, 2.24) is 5.32 Å². The average molecular weight is 275 g/mol. The number of rotatable bonds is 4. The Kier molecular flexibility index (Phi) is 4.42. The predicted octanol–water partition coefficient (Wildman–Crippen LogP) is 3.29. The fourth-order valence-corrected chi connectivity index (χ4v) is 2.20. The number of nitrogens with two attached hydrogens (primary N) is 1. The van der Waals surface area contributed by atoms with E-state index >= 15 is 0 Å². The third kappa shape index (κ3) is 4.00. The molecule has 0 spiro atoms. The second-order valence-electron chi connectivity index (χ2n) is 4.31. The van der Waals surface area contributed by atoms with E-state index in [1.165, 1.54) is 0 Å². The Morgan fingerprint density at radius 2 is 1.89 bits per heavy atom. The number of primary amides is 1. The van der Waals surface area contributed by atoms with Crippen molar-refractivity contribution in [2.45, 2.75) is 12.5 Å². The molecule has 2 rings (SSSR count). The summed E-state index contributed by atoms with van der Waals surface area (Å²) in [5, 5.41) is 3.39. The molecule has 0 aliphatic rings. The first-order valence-electron chi connectivity index (χ1n) is 6.00. The summed E-state index contributed by atoms with van der Waals surface area (Å²) >= 11 is 5.98. The van der Waals surface area contributed by atoms with Gasteiger partial charge < -0.3 is 11.1 Å². The zero-order valence-corrected chi connectivity index (χ0v) is 11.1. The predicted molar refractivity (Wildman–Crippen MR) is 77.1 cm³/mol. The van der Waals surface area contributed by atoms with E-state index in [4.69, 9.17) is 17.3 Å². The lowest BCUT2D eigenvalue weighted by molar-refractivity contribution is 0.245. The summed E-state index contributed by atoms with van der Waals surface area (Å²) in [5.41, 5.74) is 7.31. The molecule has 2 amide bonds. The highest BCUT2D eigenvalue weighted by atomic mass is 35.5. The van der Waals surface area contributed by atoms with Gasteiger partial charge in [-0.1, -0.05) is 54.1 Å². The number of hydrogen-bond donors (Lipinski definition) is 2. The fraction of sp³-hybridized carbons (Fsp3) is 0.133. The third-order valence-electron chi connectivity index (χ3n) is 2.85. The van der Waals surface area contributed by atoms with Gasteiger partial charge >= 0.3 is 6.03 Å². The molecule has 1 unspecified atom stereocenters. The molecule has 0 fully saturated rings. The topological polar surface area (TPSA) is 55.1 Å². The molecule has 0 aromatic heterocycles. The first kappa shape index (κ1) is 13.4. The number of carbonyl (C=O) groups excluding carboxylic acids is 1. The maximum atomic E-state index is 11.1. The summed E-state index contributed by atoms with van der Waals surface area (Å²) in [4.78, 5) is 11.1. The summed E-state index contributed by atoms with van der Waals surface area (Å²) in [6, 6.07) is 16.6. The van der Waals surface area contributed by atoms with Crippen molar-refractivity contribution in [2.75, 3.05) is 0 Å². The SMILES string of the molecule is NC(=O)NC(Cc1ccccc1)c1cccc(Cl)c1. The van der Waals surface area contributed by atoms with Crippen molar-refractivity contribution in [3.63, 3.8) is 0 Å². The summed E-state index contributed by atoms with van der Waals surface area (Å²) in [6.45, 7) is 0. The Labute approximate surface area is 117 Å². The molecule has 4 heteroatoms. The van der Waals surface area contributed by atoms with Gasteiger partial charge in [0.05, 0.1) is 6.04 Å². The normalized spacial score (nSPS) is 11.8. The molecular weight excluding hydrogens is 260 g/mol. The van der Waals surface area contributed by atoms with Gasteiger partial charge in [0.25, 0.3) is 0 Å². The van der Waals surface area contributed by atoms with E-state index in [-0.39, 0.29) is 6.04 Å². The zero-order chi connectivity index (χ0) is 13.7. The van der Waals surface area contributed by atoms with Crippen molar-refractivity contribution in [3.8, 4) is 0 Å². The number of hydrogen-bond acceptors (Lipinski definition) is 1. The van der Waals surface area contributed by atoms with Crippen LogP contribution >= 0.6 is 11.6 Å². The van der Waals surface area contributed by atoms with Crippen LogP contribution in [0.5, 0.6) is 0 Å². The third-order valence-corrected chi connectivity index (χ3v) is 3.09. The van der Waals surface area contributed by atoms with E-state index in [1.807, 2.05) is 48.5 Å². The first-order chi connectivity index (χ1) is 9.15. The first-order valence-corrected chi connectivity index (χ1v) is 6.38. The molecule has 98 valence electrons. The molecule has 2 aromatic carbocycles. The van der Waals surface area contributed by atoms with Crippen LogP contribution in [-0.4, -0.2) is 6.03 Å². The highest BCUT2D eigenvalue weighted by Crippen LogP contribution is 2.21. The van der Waals surface area contributed by atoms with Crippen molar-refractivity contribution in [2.24, 2.45) is 5.73 Å². The van der Waals surface area contributed by atoms with Crippen LogP contribution < -0.4 is 11.1 Å². The number of carbonyl (C=O) groups is 1. The van der Waals surface area contributed by atoms with E-state index in [9.17, 15) is 4.79 Å². The van der Waals surface area contributed by atoms with Crippen LogP contribution in [0.1, 0.15) is 17.2 Å². The maximum absolute atomic E-state index is 11.1. The Bertz CT molecular complexity index is 557. The van der Waals surface area contributed by atoms with Gasteiger partial charge in [0.15, 0.2) is 0 Å². The van der Waals surface area contributed by atoms with Crippen LogP contribution in [-0.2, 0) is 6.42 Å². The van der Waals surface area contributed by atoms with E-state index < -0.39 is 6.03 Å². The van der Waals surface area contributed by atoms with Crippen molar-refractivity contribution >= 4 is 17.6 Å². The highest BCUT2D eigenvalue weighted by Gasteiger charge is 2.14. The molecule has 0 radical (unpaired) electrons. The second-order valence-corrected chi connectivity index (χ2v) is 4.74. The second kappa shape index (κ2) is 6.25. The van der Waals surface area contributed by atoms with Gasteiger partial charge in [-0.15, -0.1) is 0 Å². The van der Waals surface area contributed by atoms with Gasteiger partial charge in [-0.2, -0.15) is 0 Å². The summed E-state index contributed by atoms with van der Waals surface area (Å²) in [7, 11) is 0. The van der Waals surface area contributed by atoms with E-state index in [1.54, 1.807) is 6.07 Å². The summed E-state index contributed by atoms with van der Waals surface area (Å²) < 4.78 is 0. The quantitative estimate of drug-likeness (QED) is 0.883. The largest absolute Gasteiger partial charge is 0.352 e. The Morgan fingerprint density at radius 1 is 1.16 bits per heavy atom. The molecule has 2 aromatic rings. The number of halogens is 1. The minimum absolute atomic E-state index is 0.182. The summed E-state index contributed by atoms with van der Waals surface area (Å²) in [6.07, 6.45) is 0.671. The van der Waals surface area contributed by atoms with Gasteiger partial charge in [0.1, 0.15) is 0 Å². The van der Waals surface area contributed by atoms with Crippen LogP contribution in [0.2, 0.25) is 5.02 Å². The number of amides is 2. The summed E-state index contributed by atoms with van der Waals surface area (Å²) in [5.74, 6) is 0. The van der Waals surface area contributed by atoms with Gasteiger partial charge in [-0.25, -0.2) is 4.79 Å². The zero-order valence-electron chi connectivity index (χ0n) is 10.3. The van der Waals surface area contributed by atoms with E-state index in [2.05, 4.69) is 5.32 Å². The minimum Gasteiger partial charge on any atom is -0.352 e. The molecule has 0 bridgehead atoms. The van der Waals surface area contributed by atoms with Crippen molar-refractivity contribution in [1.29, 1.82) is 0 Å². The average Bonchev–Trinajstić information content (AvgIpc) is 2.39. The molecule has 3 N–H and O–H groups in total. The molecule has 0 saturated carbocycles. The maximum Gasteiger partial charge on any atom is 0.312 e. The van der Waals surface area contributed by atoms with Crippen molar-refractivity contribution in [3.05, 3.63) is 70.7 Å². The monoisotopic (exact) mass is 274 g/mol. The molecule has 0 aliphatic heterocycles. The number of benzene rings is 2.